The molecule has 1 atom stereocenters. The average molecular weight is 566 g/mol. The number of hydrogen-bond donors (Lipinski definition) is 2. The quantitative estimate of drug-likeness (QED) is 0.206. The van der Waals surface area contributed by atoms with Crippen LogP contribution < -0.4 is 20.7 Å². The van der Waals surface area contributed by atoms with Gasteiger partial charge in [0.25, 0.3) is 11.8 Å². The van der Waals surface area contributed by atoms with Crippen LogP contribution in [0.4, 0.5) is 10.5 Å². The number of nitrogens with two attached hydrogens (primary N) is 1. The van der Waals surface area contributed by atoms with E-state index >= 15 is 0 Å². The van der Waals surface area contributed by atoms with Gasteiger partial charge in [-0.15, -0.1) is 0 Å². The van der Waals surface area contributed by atoms with Crippen molar-refractivity contribution in [2.24, 2.45) is 12.8 Å². The van der Waals surface area contributed by atoms with Crippen molar-refractivity contribution in [3.8, 4) is 17.6 Å². The summed E-state index contributed by atoms with van der Waals surface area (Å²) < 4.78 is 7.58. The molecule has 0 radical (unpaired) electrons. The van der Waals surface area contributed by atoms with Crippen LogP contribution in [0.2, 0.25) is 0 Å². The number of anilines is 1. The Hall–Kier alpha value is -5.21. The van der Waals surface area contributed by atoms with Gasteiger partial charge in [-0.05, 0) is 80.4 Å². The summed E-state index contributed by atoms with van der Waals surface area (Å²) in [5, 5.41) is 12.2. The third-order valence-corrected chi connectivity index (χ3v) is 7.13. The summed E-state index contributed by atoms with van der Waals surface area (Å²) in [6.07, 6.45) is 2.06. The third kappa shape index (κ3) is 6.09. The number of hydrogen-bond acceptors (Lipinski definition) is 7. The Morgan fingerprint density at radius 1 is 1.07 bits per heavy atom. The van der Waals surface area contributed by atoms with Crippen molar-refractivity contribution in [2.45, 2.75) is 31.8 Å². The molecule has 1 aliphatic rings. The number of rotatable bonds is 11. The number of urea groups is 1. The van der Waals surface area contributed by atoms with Crippen molar-refractivity contribution >= 4 is 34.6 Å². The summed E-state index contributed by atoms with van der Waals surface area (Å²) in [5.41, 5.74) is 7.77. The van der Waals surface area contributed by atoms with Crippen molar-refractivity contribution in [1.29, 1.82) is 5.26 Å². The molecule has 214 valence electrons. The van der Waals surface area contributed by atoms with Crippen molar-refractivity contribution in [1.82, 2.24) is 19.8 Å². The number of imide groups is 1. The number of carbonyl (C=O) groups excluding carboxylic acids is 3. The van der Waals surface area contributed by atoms with Crippen molar-refractivity contribution in [3.63, 3.8) is 0 Å². The van der Waals surface area contributed by atoms with E-state index in [2.05, 4.69) is 16.4 Å². The van der Waals surface area contributed by atoms with E-state index in [0.29, 0.717) is 52.6 Å². The van der Waals surface area contributed by atoms with Crippen LogP contribution in [0.1, 0.15) is 35.4 Å². The number of aryl methyl sites for hydroxylation is 1. The summed E-state index contributed by atoms with van der Waals surface area (Å²) in [7, 11) is 1.77. The number of aromatic nitrogens is 2. The molecule has 1 saturated heterocycles. The molecule has 4 amide bonds. The highest BCUT2D eigenvalue weighted by Gasteiger charge is 2.37. The van der Waals surface area contributed by atoms with E-state index in [9.17, 15) is 19.6 Å². The molecule has 11 heteroatoms. The van der Waals surface area contributed by atoms with Crippen molar-refractivity contribution in [3.05, 3.63) is 84.2 Å². The highest BCUT2D eigenvalue weighted by Crippen LogP contribution is 2.28. The van der Waals surface area contributed by atoms with E-state index in [1.807, 2.05) is 30.3 Å². The molecule has 42 heavy (non-hydrogen) atoms. The highest BCUT2D eigenvalue weighted by atomic mass is 16.5. The molecule has 3 aromatic carbocycles. The highest BCUT2D eigenvalue weighted by molar-refractivity contribution is 6.12. The molecular formula is C31H31N7O4. The van der Waals surface area contributed by atoms with E-state index < -0.39 is 12.1 Å². The largest absolute Gasteiger partial charge is 0.457 e. The van der Waals surface area contributed by atoms with Gasteiger partial charge in [0, 0.05) is 18.3 Å². The molecule has 4 aromatic rings. The fraction of sp³-hybridized carbons (Fsp3) is 0.258. The molecule has 1 fully saturated rings. The van der Waals surface area contributed by atoms with E-state index in [-0.39, 0.29) is 24.9 Å². The van der Waals surface area contributed by atoms with Gasteiger partial charge >= 0.3 is 6.03 Å². The number of amides is 4. The monoisotopic (exact) mass is 565 g/mol. The van der Waals surface area contributed by atoms with Gasteiger partial charge in [-0.3, -0.25) is 19.4 Å². The molecule has 0 saturated carbocycles. The summed E-state index contributed by atoms with van der Waals surface area (Å²) >= 11 is 0. The maximum Gasteiger partial charge on any atom is 0.332 e. The second-order valence-corrected chi connectivity index (χ2v) is 9.99. The Labute approximate surface area is 243 Å². The number of carbonyl (C=O) groups is 3. The van der Waals surface area contributed by atoms with Crippen LogP contribution in [-0.2, 0) is 18.4 Å². The third-order valence-electron chi connectivity index (χ3n) is 7.13. The second-order valence-electron chi connectivity index (χ2n) is 9.99. The summed E-state index contributed by atoms with van der Waals surface area (Å²) in [6.45, 7) is 0.432. The van der Waals surface area contributed by atoms with Gasteiger partial charge in [0.05, 0.1) is 23.6 Å². The number of nitrogens with one attached hydrogen (secondary N) is 1. The van der Waals surface area contributed by atoms with Crippen LogP contribution in [0.3, 0.4) is 0 Å². The summed E-state index contributed by atoms with van der Waals surface area (Å²) in [4.78, 5) is 46.2. The smallest absolute Gasteiger partial charge is 0.332 e. The van der Waals surface area contributed by atoms with Crippen LogP contribution in [0.15, 0.2) is 72.8 Å². The SMILES string of the molecule is Cn1c(CN2C(=O)CN(c3ccc(Oc4ccccc4)cc3)C2=O)nc2ccc(C(=O)N[C@H](C#N)CCCCN)cc21. The maximum absolute atomic E-state index is 13.3. The van der Waals surface area contributed by atoms with Crippen LogP contribution >= 0.6 is 0 Å². The zero-order chi connectivity index (χ0) is 29.6. The lowest BCUT2D eigenvalue weighted by molar-refractivity contribution is -0.125. The second kappa shape index (κ2) is 12.5. The molecule has 0 bridgehead atoms. The van der Waals surface area contributed by atoms with Gasteiger partial charge in [-0.1, -0.05) is 18.2 Å². The first-order valence-corrected chi connectivity index (χ1v) is 13.7. The van der Waals surface area contributed by atoms with E-state index in [4.69, 9.17) is 10.5 Å². The Kier molecular flexibility index (Phi) is 8.45. The van der Waals surface area contributed by atoms with Crippen LogP contribution in [0.5, 0.6) is 11.5 Å². The maximum atomic E-state index is 13.3. The first kappa shape index (κ1) is 28.3. The number of nitriles is 1. The molecule has 0 unspecified atom stereocenters. The Bertz CT molecular complexity index is 1640. The topological polar surface area (TPSA) is 147 Å². The van der Waals surface area contributed by atoms with Crippen molar-refractivity contribution in [2.75, 3.05) is 18.0 Å². The number of nitrogens with zero attached hydrogens (tertiary/aromatic N) is 5. The molecular weight excluding hydrogens is 534 g/mol. The van der Waals surface area contributed by atoms with Crippen LogP contribution in [0.25, 0.3) is 11.0 Å². The average Bonchev–Trinajstić information content (AvgIpc) is 3.47. The van der Waals surface area contributed by atoms with Crippen LogP contribution in [-0.4, -0.2) is 51.4 Å². The lowest BCUT2D eigenvalue weighted by Crippen LogP contribution is -2.33. The lowest BCUT2D eigenvalue weighted by Gasteiger charge is -2.17. The molecule has 0 aliphatic carbocycles. The first-order valence-electron chi connectivity index (χ1n) is 13.7. The molecule has 1 aliphatic heterocycles. The Morgan fingerprint density at radius 2 is 1.81 bits per heavy atom. The molecule has 2 heterocycles. The number of para-hydroxylation sites is 1. The van der Waals surface area contributed by atoms with Gasteiger partial charge in [-0.2, -0.15) is 5.26 Å². The number of fused-ring (bicyclic) bond motifs is 1. The fourth-order valence-electron chi connectivity index (χ4n) is 4.78. The minimum atomic E-state index is -0.607. The van der Waals surface area contributed by atoms with Gasteiger partial charge < -0.3 is 20.4 Å². The Morgan fingerprint density at radius 3 is 2.52 bits per heavy atom. The van der Waals surface area contributed by atoms with E-state index in [0.717, 1.165) is 12.8 Å². The van der Waals surface area contributed by atoms with Gasteiger partial charge in [0.1, 0.15) is 29.9 Å². The van der Waals surface area contributed by atoms with Crippen LogP contribution in [0, 0.1) is 11.3 Å². The molecule has 5 rings (SSSR count). The number of ether oxygens (including phenoxy) is 1. The predicted octanol–water partition coefficient (Wildman–Crippen LogP) is 4.09. The lowest BCUT2D eigenvalue weighted by atomic mass is 10.1. The molecule has 3 N–H and O–H groups in total. The summed E-state index contributed by atoms with van der Waals surface area (Å²) in [6, 6.07) is 22.5. The number of unbranched alkanes of at least 4 members (excludes halogenated alkanes) is 1. The fourth-order valence-corrected chi connectivity index (χ4v) is 4.78. The number of benzene rings is 3. The van der Waals surface area contributed by atoms with E-state index in [1.165, 1.54) is 9.80 Å². The zero-order valence-electron chi connectivity index (χ0n) is 23.2. The molecule has 0 spiro atoms. The van der Waals surface area contributed by atoms with E-state index in [1.54, 1.807) is 54.1 Å². The number of imidazole rings is 1. The molecule has 1 aromatic heterocycles. The van der Waals surface area contributed by atoms with Gasteiger partial charge in [-0.25, -0.2) is 9.78 Å². The minimum Gasteiger partial charge on any atom is -0.457 e. The minimum absolute atomic E-state index is 0.0201. The normalized spacial score (nSPS) is 13.8. The first-order chi connectivity index (χ1) is 20.4. The summed E-state index contributed by atoms with van der Waals surface area (Å²) in [5.74, 6) is 1.11. The zero-order valence-corrected chi connectivity index (χ0v) is 23.2. The van der Waals surface area contributed by atoms with Gasteiger partial charge in [0.15, 0.2) is 0 Å². The Balaban J connectivity index is 1.27. The van der Waals surface area contributed by atoms with Crippen molar-refractivity contribution < 1.29 is 19.1 Å². The standard InChI is InChI=1S/C31H31N7O4/c1-36-27-17-21(30(40)34-22(18-33)7-5-6-16-32)10-15-26(27)35-28(36)19-38-29(39)20-37(31(38)41)23-11-13-25(14-12-23)42-24-8-3-2-4-9-24/h2-4,8-15,17,22H,5-7,16,19-20,32H2,1H3,(H,34,40)/t22-/m0/s1. The van der Waals surface area contributed by atoms with Gasteiger partial charge in [0.2, 0.25) is 0 Å². The molecule has 11 nitrogen and oxygen atoms in total. The predicted molar refractivity (Wildman–Crippen MR) is 157 cm³/mol.